The number of rotatable bonds is 2. The van der Waals surface area contributed by atoms with Gasteiger partial charge in [0.2, 0.25) is 0 Å². The lowest BCUT2D eigenvalue weighted by atomic mass is 10.2. The number of hydrogen-bond acceptors (Lipinski definition) is 2. The van der Waals surface area contributed by atoms with Crippen molar-refractivity contribution in [3.63, 3.8) is 0 Å². The lowest BCUT2D eigenvalue weighted by Gasteiger charge is -2.32. The van der Waals surface area contributed by atoms with E-state index in [4.69, 9.17) is 4.74 Å². The Bertz CT molecular complexity index is 266. The number of fused-ring (bicyclic) bond motifs is 2. The molecule has 0 radical (unpaired) electrons. The minimum Gasteiger partial charge on any atom is -0.371 e. The maximum Gasteiger partial charge on any atom is 0.317 e. The average molecular weight is 210 g/mol. The van der Waals surface area contributed by atoms with Crippen LogP contribution in [0, 0.1) is 0 Å². The highest BCUT2D eigenvalue weighted by molar-refractivity contribution is 5.74. The molecule has 4 nitrogen and oxygen atoms in total. The van der Waals surface area contributed by atoms with Gasteiger partial charge in [-0.05, 0) is 19.8 Å². The fourth-order valence-corrected chi connectivity index (χ4v) is 2.12. The summed E-state index contributed by atoms with van der Waals surface area (Å²) in [5.41, 5.74) is 0.972. The molecule has 0 aliphatic carbocycles. The largest absolute Gasteiger partial charge is 0.371 e. The van der Waals surface area contributed by atoms with Gasteiger partial charge in [0, 0.05) is 19.6 Å². The number of ether oxygens (including phenoxy) is 1. The second-order valence-corrected chi connectivity index (χ2v) is 4.48. The molecule has 2 rings (SSSR count). The van der Waals surface area contributed by atoms with Crippen LogP contribution in [0.2, 0.25) is 0 Å². The molecule has 84 valence electrons. The highest BCUT2D eigenvalue weighted by atomic mass is 16.5. The third-order valence-corrected chi connectivity index (χ3v) is 2.87. The van der Waals surface area contributed by atoms with Gasteiger partial charge in [-0.25, -0.2) is 4.79 Å². The summed E-state index contributed by atoms with van der Waals surface area (Å²) in [5, 5.41) is 2.85. The van der Waals surface area contributed by atoms with Crippen molar-refractivity contribution in [2.75, 3.05) is 19.6 Å². The molecule has 2 unspecified atom stereocenters. The Morgan fingerprint density at radius 3 is 2.60 bits per heavy atom. The molecule has 2 fully saturated rings. The Morgan fingerprint density at radius 2 is 2.07 bits per heavy atom. The number of carbonyl (C=O) groups is 1. The Morgan fingerprint density at radius 1 is 1.47 bits per heavy atom. The van der Waals surface area contributed by atoms with Gasteiger partial charge < -0.3 is 15.0 Å². The van der Waals surface area contributed by atoms with E-state index in [0.717, 1.165) is 31.5 Å². The van der Waals surface area contributed by atoms with Crippen LogP contribution in [0.5, 0.6) is 0 Å². The first-order chi connectivity index (χ1) is 7.15. The van der Waals surface area contributed by atoms with Crippen molar-refractivity contribution in [3.8, 4) is 0 Å². The molecule has 15 heavy (non-hydrogen) atoms. The van der Waals surface area contributed by atoms with E-state index in [1.165, 1.54) is 0 Å². The predicted octanol–water partition coefficient (Wildman–Crippen LogP) is 1.14. The number of likely N-dealkylation sites (tertiary alicyclic amines) is 1. The van der Waals surface area contributed by atoms with Crippen LogP contribution >= 0.6 is 0 Å². The van der Waals surface area contributed by atoms with Gasteiger partial charge in [0.15, 0.2) is 0 Å². The lowest BCUT2D eigenvalue weighted by molar-refractivity contribution is -0.0237. The molecule has 2 amide bonds. The molecular formula is C11H18N2O2. The molecule has 2 atom stereocenters. The van der Waals surface area contributed by atoms with Gasteiger partial charge in [-0.3, -0.25) is 0 Å². The van der Waals surface area contributed by atoms with Crippen molar-refractivity contribution in [1.29, 1.82) is 0 Å². The van der Waals surface area contributed by atoms with Crippen molar-refractivity contribution < 1.29 is 9.53 Å². The van der Waals surface area contributed by atoms with Crippen molar-refractivity contribution in [3.05, 3.63) is 12.2 Å². The summed E-state index contributed by atoms with van der Waals surface area (Å²) in [6.07, 6.45) is 2.71. The van der Waals surface area contributed by atoms with Gasteiger partial charge in [0.1, 0.15) is 0 Å². The highest BCUT2D eigenvalue weighted by Crippen LogP contribution is 2.25. The van der Waals surface area contributed by atoms with Crippen LogP contribution in [0.15, 0.2) is 12.2 Å². The molecule has 4 heteroatoms. The van der Waals surface area contributed by atoms with Crippen LogP contribution in [-0.2, 0) is 4.74 Å². The molecule has 0 aromatic heterocycles. The molecule has 0 spiro atoms. The fourth-order valence-electron chi connectivity index (χ4n) is 2.12. The van der Waals surface area contributed by atoms with Crippen LogP contribution in [-0.4, -0.2) is 42.8 Å². The molecule has 0 aromatic rings. The van der Waals surface area contributed by atoms with E-state index in [-0.39, 0.29) is 18.2 Å². The number of hydrogen-bond donors (Lipinski definition) is 1. The number of nitrogens with one attached hydrogen (secondary N) is 1. The molecule has 0 saturated carbocycles. The number of morpholine rings is 1. The third-order valence-electron chi connectivity index (χ3n) is 2.87. The summed E-state index contributed by atoms with van der Waals surface area (Å²) >= 11 is 0. The molecule has 2 aliphatic rings. The normalized spacial score (nSPS) is 29.0. The van der Waals surface area contributed by atoms with E-state index < -0.39 is 0 Å². The average Bonchev–Trinajstić information content (AvgIpc) is 2.54. The second kappa shape index (κ2) is 4.23. The standard InChI is InChI=1S/C11H18N2O2/c1-8(2)5-12-11(14)13-6-9-3-4-10(7-13)15-9/h9-10H,1,3-7H2,2H3,(H,12,14). The number of carbonyl (C=O) groups excluding carboxylic acids is 1. The van der Waals surface area contributed by atoms with Crippen molar-refractivity contribution in [1.82, 2.24) is 10.2 Å². The smallest absolute Gasteiger partial charge is 0.317 e. The van der Waals surface area contributed by atoms with Gasteiger partial charge in [-0.2, -0.15) is 0 Å². The first-order valence-corrected chi connectivity index (χ1v) is 5.48. The summed E-state index contributed by atoms with van der Waals surface area (Å²) in [6.45, 7) is 7.69. The topological polar surface area (TPSA) is 41.6 Å². The Labute approximate surface area is 90.3 Å². The van der Waals surface area contributed by atoms with Gasteiger partial charge in [-0.1, -0.05) is 12.2 Å². The zero-order chi connectivity index (χ0) is 10.8. The summed E-state index contributed by atoms with van der Waals surface area (Å²) < 4.78 is 5.66. The zero-order valence-electron chi connectivity index (χ0n) is 9.16. The van der Waals surface area contributed by atoms with Gasteiger partial charge in [0.25, 0.3) is 0 Å². The molecule has 0 aromatic carbocycles. The van der Waals surface area contributed by atoms with Crippen LogP contribution in [0.4, 0.5) is 4.79 Å². The summed E-state index contributed by atoms with van der Waals surface area (Å²) in [5.74, 6) is 0. The maximum atomic E-state index is 11.7. The van der Waals surface area contributed by atoms with Gasteiger partial charge >= 0.3 is 6.03 Å². The maximum absolute atomic E-state index is 11.7. The van der Waals surface area contributed by atoms with E-state index in [2.05, 4.69) is 11.9 Å². The number of urea groups is 1. The number of amides is 2. The third kappa shape index (κ3) is 2.50. The molecule has 1 N–H and O–H groups in total. The zero-order valence-corrected chi connectivity index (χ0v) is 9.16. The molecule has 2 saturated heterocycles. The minimum atomic E-state index is 0.0122. The summed E-state index contributed by atoms with van der Waals surface area (Å²) in [6, 6.07) is 0.0122. The van der Waals surface area contributed by atoms with Gasteiger partial charge in [0.05, 0.1) is 12.2 Å². The highest BCUT2D eigenvalue weighted by Gasteiger charge is 2.35. The first-order valence-electron chi connectivity index (χ1n) is 5.48. The van der Waals surface area contributed by atoms with Crippen LogP contribution < -0.4 is 5.32 Å². The van der Waals surface area contributed by atoms with Crippen LogP contribution in [0.3, 0.4) is 0 Å². The fraction of sp³-hybridized carbons (Fsp3) is 0.727. The minimum absolute atomic E-state index is 0.0122. The quantitative estimate of drug-likeness (QED) is 0.694. The molecule has 2 heterocycles. The van der Waals surface area contributed by atoms with E-state index >= 15 is 0 Å². The van der Waals surface area contributed by atoms with E-state index in [0.29, 0.717) is 6.54 Å². The van der Waals surface area contributed by atoms with Crippen molar-refractivity contribution in [2.24, 2.45) is 0 Å². The van der Waals surface area contributed by atoms with Crippen molar-refractivity contribution >= 4 is 6.03 Å². The molecule has 2 aliphatic heterocycles. The van der Waals surface area contributed by atoms with E-state index in [1.54, 1.807) is 0 Å². The SMILES string of the molecule is C=C(C)CNC(=O)N1CC2CCC(C1)O2. The van der Waals surface area contributed by atoms with Crippen LogP contribution in [0.25, 0.3) is 0 Å². The van der Waals surface area contributed by atoms with E-state index in [9.17, 15) is 4.79 Å². The number of nitrogens with zero attached hydrogens (tertiary/aromatic N) is 1. The van der Waals surface area contributed by atoms with Gasteiger partial charge in [-0.15, -0.1) is 0 Å². The Kier molecular flexibility index (Phi) is 2.95. The van der Waals surface area contributed by atoms with Crippen LogP contribution in [0.1, 0.15) is 19.8 Å². The lowest BCUT2D eigenvalue weighted by Crippen LogP contribution is -2.50. The van der Waals surface area contributed by atoms with E-state index in [1.807, 2.05) is 11.8 Å². The van der Waals surface area contributed by atoms with Crippen molar-refractivity contribution in [2.45, 2.75) is 32.0 Å². The Balaban J connectivity index is 1.83. The molecule has 2 bridgehead atoms. The summed E-state index contributed by atoms with van der Waals surface area (Å²) in [7, 11) is 0. The predicted molar refractivity (Wildman–Crippen MR) is 57.7 cm³/mol. The molecular weight excluding hydrogens is 192 g/mol. The summed E-state index contributed by atoms with van der Waals surface area (Å²) in [4.78, 5) is 13.6. The monoisotopic (exact) mass is 210 g/mol. The first kappa shape index (κ1) is 10.5. The Hall–Kier alpha value is -1.03. The second-order valence-electron chi connectivity index (χ2n) is 4.48.